The van der Waals surface area contributed by atoms with Gasteiger partial charge in [-0.3, -0.25) is 0 Å². The van der Waals surface area contributed by atoms with Crippen molar-refractivity contribution in [2.75, 3.05) is 20.8 Å². The van der Waals surface area contributed by atoms with E-state index in [2.05, 4.69) is 14.9 Å². The van der Waals surface area contributed by atoms with E-state index in [0.717, 1.165) is 5.56 Å². The third-order valence-corrected chi connectivity index (χ3v) is 5.27. The van der Waals surface area contributed by atoms with Crippen LogP contribution < -0.4 is 14.2 Å². The molecular weight excluding hydrogens is 370 g/mol. The highest BCUT2D eigenvalue weighted by atomic mass is 32.2. The molecule has 0 aliphatic rings. The van der Waals surface area contributed by atoms with Gasteiger partial charge in [0.1, 0.15) is 11.5 Å². The first kappa shape index (κ1) is 18.9. The molecule has 0 saturated heterocycles. The van der Waals surface area contributed by atoms with Crippen LogP contribution in [0.4, 0.5) is 0 Å². The van der Waals surface area contributed by atoms with Crippen LogP contribution in [0.5, 0.6) is 11.5 Å². The number of ether oxygens (including phenoxy) is 2. The summed E-state index contributed by atoms with van der Waals surface area (Å²) in [5.41, 5.74) is 0.753. The maximum Gasteiger partial charge on any atom is 0.240 e. The molecule has 0 spiro atoms. The lowest BCUT2D eigenvalue weighted by Gasteiger charge is -2.06. The summed E-state index contributed by atoms with van der Waals surface area (Å²) in [7, 11) is -0.523. The first-order chi connectivity index (χ1) is 13.0. The molecule has 0 unspecified atom stereocenters. The molecule has 27 heavy (non-hydrogen) atoms. The molecule has 0 fully saturated rings. The highest BCUT2D eigenvalue weighted by molar-refractivity contribution is 7.89. The molecule has 0 bridgehead atoms. The fourth-order valence-corrected chi connectivity index (χ4v) is 3.40. The minimum Gasteiger partial charge on any atom is -0.497 e. The number of nitrogens with one attached hydrogen (secondary N) is 1. The highest BCUT2D eigenvalue weighted by Crippen LogP contribution is 2.21. The molecule has 0 saturated carbocycles. The van der Waals surface area contributed by atoms with Crippen LogP contribution >= 0.6 is 0 Å². The largest absolute Gasteiger partial charge is 0.497 e. The van der Waals surface area contributed by atoms with E-state index in [9.17, 15) is 8.42 Å². The molecule has 3 rings (SSSR count). The van der Waals surface area contributed by atoms with Gasteiger partial charge in [0, 0.05) is 18.5 Å². The topological polar surface area (TPSA) is 104 Å². The molecule has 2 aromatic carbocycles. The first-order valence-electron chi connectivity index (χ1n) is 8.12. The summed E-state index contributed by atoms with van der Waals surface area (Å²) in [5, 5.41) is 3.92. The van der Waals surface area contributed by atoms with Gasteiger partial charge in [-0.05, 0) is 36.4 Å². The smallest absolute Gasteiger partial charge is 0.240 e. The summed E-state index contributed by atoms with van der Waals surface area (Å²) in [5.74, 6) is 2.03. The monoisotopic (exact) mass is 389 g/mol. The minimum absolute atomic E-state index is 0.133. The average molecular weight is 389 g/mol. The number of methoxy groups -OCH3 is 2. The fourth-order valence-electron chi connectivity index (χ4n) is 2.37. The van der Waals surface area contributed by atoms with Crippen molar-refractivity contribution in [1.82, 2.24) is 14.9 Å². The summed E-state index contributed by atoms with van der Waals surface area (Å²) < 4.78 is 42.5. The van der Waals surface area contributed by atoms with Crippen LogP contribution in [0.15, 0.2) is 57.9 Å². The number of hydrogen-bond donors (Lipinski definition) is 1. The van der Waals surface area contributed by atoms with Crippen molar-refractivity contribution < 1.29 is 22.4 Å². The molecule has 0 atom stereocenters. The molecule has 8 nitrogen and oxygen atoms in total. The molecule has 1 N–H and O–H groups in total. The van der Waals surface area contributed by atoms with E-state index in [1.807, 2.05) is 18.2 Å². The lowest BCUT2D eigenvalue weighted by atomic mass is 10.2. The average Bonchev–Trinajstić information content (AvgIpc) is 3.17. The molecule has 9 heteroatoms. The van der Waals surface area contributed by atoms with Gasteiger partial charge in [-0.15, -0.1) is 0 Å². The third-order valence-electron chi connectivity index (χ3n) is 3.80. The Morgan fingerprint density at radius 1 is 1.04 bits per heavy atom. The molecule has 142 valence electrons. The van der Waals surface area contributed by atoms with Crippen LogP contribution in [0.3, 0.4) is 0 Å². The molecule has 0 aliphatic carbocycles. The van der Waals surface area contributed by atoms with Gasteiger partial charge in [-0.1, -0.05) is 17.3 Å². The highest BCUT2D eigenvalue weighted by Gasteiger charge is 2.15. The number of sulfonamides is 1. The maximum absolute atomic E-state index is 12.3. The zero-order chi connectivity index (χ0) is 19.3. The van der Waals surface area contributed by atoms with Crippen molar-refractivity contribution >= 4 is 10.0 Å². The molecular formula is C18H19N3O5S. The Bertz CT molecular complexity index is 1000. The zero-order valence-electron chi connectivity index (χ0n) is 14.9. The summed E-state index contributed by atoms with van der Waals surface area (Å²) in [6.45, 7) is 0.133. The predicted octanol–water partition coefficient (Wildman–Crippen LogP) is 2.27. The summed E-state index contributed by atoms with van der Waals surface area (Å²) in [4.78, 5) is 4.44. The zero-order valence-corrected chi connectivity index (χ0v) is 15.7. The molecule has 0 radical (unpaired) electrons. The van der Waals surface area contributed by atoms with Crippen LogP contribution in [0.1, 0.15) is 5.89 Å². The van der Waals surface area contributed by atoms with Crippen LogP contribution in [-0.4, -0.2) is 39.3 Å². The Morgan fingerprint density at radius 3 is 2.48 bits per heavy atom. The van der Waals surface area contributed by atoms with Gasteiger partial charge in [-0.25, -0.2) is 13.1 Å². The Hall–Kier alpha value is -2.91. The van der Waals surface area contributed by atoms with E-state index in [1.165, 1.54) is 19.2 Å². The lowest BCUT2D eigenvalue weighted by molar-refractivity contribution is 0.379. The van der Waals surface area contributed by atoms with Gasteiger partial charge in [0.15, 0.2) is 0 Å². The van der Waals surface area contributed by atoms with E-state index in [-0.39, 0.29) is 17.9 Å². The summed E-state index contributed by atoms with van der Waals surface area (Å²) >= 11 is 0. The van der Waals surface area contributed by atoms with Crippen LogP contribution in [0.25, 0.3) is 11.4 Å². The van der Waals surface area contributed by atoms with Crippen molar-refractivity contribution in [3.63, 3.8) is 0 Å². The van der Waals surface area contributed by atoms with E-state index in [1.54, 1.807) is 25.3 Å². The molecule has 0 aliphatic heterocycles. The Labute approximate surface area is 157 Å². The van der Waals surface area contributed by atoms with Gasteiger partial charge in [-0.2, -0.15) is 4.98 Å². The van der Waals surface area contributed by atoms with Gasteiger partial charge in [0.2, 0.25) is 21.7 Å². The van der Waals surface area contributed by atoms with E-state index >= 15 is 0 Å². The second kappa shape index (κ2) is 8.19. The maximum atomic E-state index is 12.3. The van der Waals surface area contributed by atoms with Crippen molar-refractivity contribution in [1.29, 1.82) is 0 Å². The number of rotatable bonds is 8. The predicted molar refractivity (Wildman–Crippen MR) is 98.2 cm³/mol. The second-order valence-electron chi connectivity index (χ2n) is 5.57. The standard InChI is InChI=1S/C18H19N3O5S/c1-24-14-6-8-16(9-7-14)27(22,23)19-11-10-17-20-18(21-26-17)13-4-3-5-15(12-13)25-2/h3-9,12,19H,10-11H2,1-2H3. The Morgan fingerprint density at radius 2 is 1.78 bits per heavy atom. The molecule has 1 aromatic heterocycles. The van der Waals surface area contributed by atoms with Crippen molar-refractivity contribution in [2.24, 2.45) is 0 Å². The van der Waals surface area contributed by atoms with Gasteiger partial charge in [0.05, 0.1) is 19.1 Å². The third kappa shape index (κ3) is 4.63. The van der Waals surface area contributed by atoms with Crippen LogP contribution in [-0.2, 0) is 16.4 Å². The van der Waals surface area contributed by atoms with Gasteiger partial charge < -0.3 is 14.0 Å². The van der Waals surface area contributed by atoms with Crippen LogP contribution in [0.2, 0.25) is 0 Å². The number of hydrogen-bond acceptors (Lipinski definition) is 7. The molecule has 3 aromatic rings. The second-order valence-corrected chi connectivity index (χ2v) is 7.33. The van der Waals surface area contributed by atoms with Crippen molar-refractivity contribution in [3.05, 3.63) is 54.4 Å². The van der Waals surface area contributed by atoms with Gasteiger partial charge >= 0.3 is 0 Å². The van der Waals surface area contributed by atoms with E-state index in [4.69, 9.17) is 14.0 Å². The van der Waals surface area contributed by atoms with E-state index in [0.29, 0.717) is 23.2 Å². The normalized spacial score (nSPS) is 11.3. The SMILES string of the molecule is COc1ccc(S(=O)(=O)NCCc2nc(-c3cccc(OC)c3)no2)cc1. The molecule has 0 amide bonds. The van der Waals surface area contributed by atoms with Crippen molar-refractivity contribution in [2.45, 2.75) is 11.3 Å². The Kier molecular flexibility index (Phi) is 5.72. The molecule has 1 heterocycles. The lowest BCUT2D eigenvalue weighted by Crippen LogP contribution is -2.26. The van der Waals surface area contributed by atoms with E-state index < -0.39 is 10.0 Å². The Balaban J connectivity index is 1.61. The van der Waals surface area contributed by atoms with Crippen LogP contribution in [0, 0.1) is 0 Å². The minimum atomic E-state index is -3.62. The fraction of sp³-hybridized carbons (Fsp3) is 0.222. The summed E-state index contributed by atoms with van der Waals surface area (Å²) in [6, 6.07) is 13.4. The number of aromatic nitrogens is 2. The van der Waals surface area contributed by atoms with Crippen molar-refractivity contribution in [3.8, 4) is 22.9 Å². The quantitative estimate of drug-likeness (QED) is 0.630. The number of benzene rings is 2. The van der Waals surface area contributed by atoms with Gasteiger partial charge in [0.25, 0.3) is 0 Å². The number of nitrogens with zero attached hydrogens (tertiary/aromatic N) is 2. The first-order valence-corrected chi connectivity index (χ1v) is 9.61. The summed E-state index contributed by atoms with van der Waals surface area (Å²) in [6.07, 6.45) is 0.270.